The molecule has 1 aliphatic rings. The molecule has 0 bridgehead atoms. The van der Waals surface area contributed by atoms with Crippen LogP contribution in [-0.2, 0) is 4.79 Å². The van der Waals surface area contributed by atoms with Crippen LogP contribution in [-0.4, -0.2) is 39.7 Å². The standard InChI is InChI=1S/C27H28N4O4/c1-4-18-16-24(33)31(30-25(18)20-12-13-23(35-3)22(32)15-20)26(19-10-8-17(2)9-11-19)29-27(34)21-7-5-6-14-28-21/h5-15,18,26,32H,4,16H2,1-3H3,(H,29,34). The minimum absolute atomic E-state index is 0.00968. The molecule has 2 aromatic carbocycles. The molecule has 0 aliphatic carbocycles. The van der Waals surface area contributed by atoms with Gasteiger partial charge in [0.2, 0.25) is 5.91 Å². The summed E-state index contributed by atoms with van der Waals surface area (Å²) in [5.74, 6) is -0.404. The fraction of sp³-hybridized carbons (Fsp3) is 0.259. The Bertz CT molecular complexity index is 1240. The fourth-order valence-electron chi connectivity index (χ4n) is 4.07. The molecule has 1 aromatic heterocycles. The molecule has 0 spiro atoms. The molecule has 8 heteroatoms. The number of carbonyl (C=O) groups is 2. The van der Waals surface area contributed by atoms with Gasteiger partial charge in [0.1, 0.15) is 5.69 Å². The van der Waals surface area contributed by atoms with Crippen LogP contribution in [0, 0.1) is 12.8 Å². The molecule has 2 unspecified atom stereocenters. The predicted octanol–water partition coefficient (Wildman–Crippen LogP) is 4.20. The minimum Gasteiger partial charge on any atom is -0.504 e. The first-order valence-corrected chi connectivity index (χ1v) is 11.5. The van der Waals surface area contributed by atoms with Gasteiger partial charge >= 0.3 is 0 Å². The van der Waals surface area contributed by atoms with Crippen molar-refractivity contribution in [1.82, 2.24) is 15.3 Å². The summed E-state index contributed by atoms with van der Waals surface area (Å²) >= 11 is 0. The molecule has 180 valence electrons. The van der Waals surface area contributed by atoms with Crippen LogP contribution in [0.2, 0.25) is 0 Å². The van der Waals surface area contributed by atoms with E-state index in [0.717, 1.165) is 5.56 Å². The molecular weight excluding hydrogens is 444 g/mol. The van der Waals surface area contributed by atoms with Crippen LogP contribution in [0.5, 0.6) is 11.5 Å². The predicted molar refractivity (Wildman–Crippen MR) is 132 cm³/mol. The quantitative estimate of drug-likeness (QED) is 0.536. The number of pyridine rings is 1. The Morgan fingerprint density at radius 2 is 1.97 bits per heavy atom. The van der Waals surface area contributed by atoms with E-state index >= 15 is 0 Å². The van der Waals surface area contributed by atoms with Crippen molar-refractivity contribution in [3.05, 3.63) is 89.2 Å². The summed E-state index contributed by atoms with van der Waals surface area (Å²) in [5.41, 5.74) is 3.35. The van der Waals surface area contributed by atoms with E-state index in [4.69, 9.17) is 9.84 Å². The number of nitrogens with one attached hydrogen (secondary N) is 1. The lowest BCUT2D eigenvalue weighted by Crippen LogP contribution is -2.46. The molecule has 1 aliphatic heterocycles. The highest BCUT2D eigenvalue weighted by molar-refractivity contribution is 6.06. The minimum atomic E-state index is -0.836. The van der Waals surface area contributed by atoms with E-state index in [1.807, 2.05) is 38.1 Å². The number of nitrogens with zero attached hydrogens (tertiary/aromatic N) is 3. The Morgan fingerprint density at radius 1 is 1.20 bits per heavy atom. The second-order valence-corrected chi connectivity index (χ2v) is 8.42. The number of rotatable bonds is 7. The molecule has 35 heavy (non-hydrogen) atoms. The summed E-state index contributed by atoms with van der Waals surface area (Å²) in [5, 5.41) is 19.3. The number of hydrogen-bond acceptors (Lipinski definition) is 6. The molecule has 4 rings (SSSR count). The van der Waals surface area contributed by atoms with Gasteiger partial charge in [-0.1, -0.05) is 42.8 Å². The van der Waals surface area contributed by atoms with Crippen LogP contribution in [0.1, 0.15) is 53.1 Å². The first-order chi connectivity index (χ1) is 16.9. The number of aromatic nitrogens is 1. The normalized spacial score (nSPS) is 16.4. The van der Waals surface area contributed by atoms with E-state index in [9.17, 15) is 14.7 Å². The summed E-state index contributed by atoms with van der Waals surface area (Å²) in [6, 6.07) is 17.7. The second-order valence-electron chi connectivity index (χ2n) is 8.42. The third kappa shape index (κ3) is 5.16. The molecule has 0 radical (unpaired) electrons. The largest absolute Gasteiger partial charge is 0.504 e. The number of carbonyl (C=O) groups excluding carboxylic acids is 2. The highest BCUT2D eigenvalue weighted by Gasteiger charge is 2.35. The van der Waals surface area contributed by atoms with E-state index in [-0.39, 0.29) is 29.7 Å². The monoisotopic (exact) mass is 472 g/mol. The number of aromatic hydroxyl groups is 1. The number of benzene rings is 2. The maximum Gasteiger partial charge on any atom is 0.271 e. The smallest absolute Gasteiger partial charge is 0.271 e. The van der Waals surface area contributed by atoms with Gasteiger partial charge in [0.25, 0.3) is 5.91 Å². The number of hydrazone groups is 1. The highest BCUT2D eigenvalue weighted by atomic mass is 16.5. The summed E-state index contributed by atoms with van der Waals surface area (Å²) in [4.78, 5) is 30.4. The van der Waals surface area contributed by atoms with Crippen LogP contribution < -0.4 is 10.1 Å². The number of phenols is 1. The zero-order valence-corrected chi connectivity index (χ0v) is 19.9. The van der Waals surface area contributed by atoms with Gasteiger partial charge in [-0.15, -0.1) is 0 Å². The van der Waals surface area contributed by atoms with Gasteiger partial charge in [-0.2, -0.15) is 5.10 Å². The Morgan fingerprint density at radius 3 is 2.60 bits per heavy atom. The molecule has 0 saturated carbocycles. The maximum atomic E-state index is 13.3. The van der Waals surface area contributed by atoms with Crippen LogP contribution in [0.15, 0.2) is 72.0 Å². The fourth-order valence-corrected chi connectivity index (χ4v) is 4.07. The molecule has 3 aromatic rings. The molecular formula is C27H28N4O4. The van der Waals surface area contributed by atoms with E-state index < -0.39 is 12.1 Å². The van der Waals surface area contributed by atoms with Gasteiger partial charge in [0, 0.05) is 24.1 Å². The zero-order chi connectivity index (χ0) is 24.9. The molecule has 0 saturated heterocycles. The third-order valence-corrected chi connectivity index (χ3v) is 6.05. The van der Waals surface area contributed by atoms with Gasteiger partial charge < -0.3 is 15.2 Å². The maximum absolute atomic E-state index is 13.3. The molecule has 2 amide bonds. The van der Waals surface area contributed by atoms with Gasteiger partial charge in [-0.25, -0.2) is 5.01 Å². The van der Waals surface area contributed by atoms with E-state index in [1.165, 1.54) is 12.1 Å². The second kappa shape index (κ2) is 10.4. The number of phenolic OH excluding ortho intramolecular Hbond substituents is 1. The first-order valence-electron chi connectivity index (χ1n) is 11.5. The SMILES string of the molecule is CCC1CC(=O)N(C(NC(=O)c2ccccn2)c2ccc(C)cc2)N=C1c1ccc(OC)c(O)c1. The zero-order valence-electron chi connectivity index (χ0n) is 19.9. The van der Waals surface area contributed by atoms with Crippen LogP contribution in [0.3, 0.4) is 0 Å². The number of aryl methyl sites for hydroxylation is 1. The lowest BCUT2D eigenvalue weighted by atomic mass is 9.89. The van der Waals surface area contributed by atoms with Crippen molar-refractivity contribution in [2.75, 3.05) is 7.11 Å². The number of ether oxygens (including phenoxy) is 1. The molecule has 2 heterocycles. The van der Waals surface area contributed by atoms with Gasteiger partial charge in [0.15, 0.2) is 17.7 Å². The van der Waals surface area contributed by atoms with Crippen molar-refractivity contribution in [1.29, 1.82) is 0 Å². The van der Waals surface area contributed by atoms with Crippen LogP contribution in [0.4, 0.5) is 0 Å². The Kier molecular flexibility index (Phi) is 7.10. The molecule has 8 nitrogen and oxygen atoms in total. The molecule has 2 atom stereocenters. The van der Waals surface area contributed by atoms with Gasteiger partial charge in [-0.3, -0.25) is 14.6 Å². The average molecular weight is 473 g/mol. The van der Waals surface area contributed by atoms with Crippen molar-refractivity contribution in [2.45, 2.75) is 32.9 Å². The Hall–Kier alpha value is -4.20. The van der Waals surface area contributed by atoms with E-state index in [2.05, 4.69) is 10.3 Å². The summed E-state index contributed by atoms with van der Waals surface area (Å²) in [6.45, 7) is 3.96. The third-order valence-electron chi connectivity index (χ3n) is 6.05. The number of hydrogen-bond donors (Lipinski definition) is 2. The number of methoxy groups -OCH3 is 1. The molecule has 2 N–H and O–H groups in total. The van der Waals surface area contributed by atoms with E-state index in [1.54, 1.807) is 42.6 Å². The summed E-state index contributed by atoms with van der Waals surface area (Å²) in [7, 11) is 1.48. The Balaban J connectivity index is 1.77. The highest BCUT2D eigenvalue weighted by Crippen LogP contribution is 2.33. The van der Waals surface area contributed by atoms with Crippen molar-refractivity contribution < 1.29 is 19.4 Å². The van der Waals surface area contributed by atoms with Crippen LogP contribution in [0.25, 0.3) is 0 Å². The molecule has 0 fully saturated rings. The van der Waals surface area contributed by atoms with Crippen molar-refractivity contribution in [3.8, 4) is 11.5 Å². The topological polar surface area (TPSA) is 104 Å². The van der Waals surface area contributed by atoms with E-state index in [0.29, 0.717) is 29.0 Å². The lowest BCUT2D eigenvalue weighted by molar-refractivity contribution is -0.135. The Labute approximate surface area is 204 Å². The number of amides is 2. The van der Waals surface area contributed by atoms with Gasteiger partial charge in [-0.05, 0) is 49.2 Å². The average Bonchev–Trinajstić information content (AvgIpc) is 2.88. The van der Waals surface area contributed by atoms with Crippen LogP contribution >= 0.6 is 0 Å². The summed E-state index contributed by atoms with van der Waals surface area (Å²) in [6.07, 6.45) is 1.63. The van der Waals surface area contributed by atoms with Gasteiger partial charge in [0.05, 0.1) is 12.8 Å². The van der Waals surface area contributed by atoms with Crippen molar-refractivity contribution >= 4 is 17.5 Å². The first kappa shape index (κ1) is 23.9. The van der Waals surface area contributed by atoms with Crippen molar-refractivity contribution in [2.24, 2.45) is 11.0 Å². The lowest BCUT2D eigenvalue weighted by Gasteiger charge is -2.35. The summed E-state index contributed by atoms with van der Waals surface area (Å²) < 4.78 is 5.16. The van der Waals surface area contributed by atoms with Crippen molar-refractivity contribution in [3.63, 3.8) is 0 Å².